The van der Waals surface area contributed by atoms with Gasteiger partial charge in [0.15, 0.2) is 6.29 Å². The first-order valence-electron chi connectivity index (χ1n) is 5.78. The van der Waals surface area contributed by atoms with E-state index < -0.39 is 60.8 Å². The van der Waals surface area contributed by atoms with Crippen molar-refractivity contribution >= 4 is 23.5 Å². The number of hydrogen-bond donors (Lipinski definition) is 8. The van der Waals surface area contributed by atoms with Crippen molar-refractivity contribution in [2.45, 2.75) is 30.7 Å². The Balaban J connectivity index is 3.02. The Morgan fingerprint density at radius 3 is 1.67 bits per heavy atom. The molecule has 15 nitrogen and oxygen atoms in total. The minimum Gasteiger partial charge on any atom is -0.387 e. The molecule has 1 saturated heterocycles. The molecule has 0 spiro atoms. The van der Waals surface area contributed by atoms with Crippen molar-refractivity contribution in [1.82, 2.24) is 0 Å². The van der Waals surface area contributed by atoms with Crippen LogP contribution in [0.4, 0.5) is 0 Å². The van der Waals surface area contributed by atoms with E-state index in [9.17, 15) is 23.9 Å². The van der Waals surface area contributed by atoms with Gasteiger partial charge in [-0.3, -0.25) is 13.6 Å². The van der Waals surface area contributed by atoms with Crippen LogP contribution in [0, 0.1) is 0 Å². The van der Waals surface area contributed by atoms with Gasteiger partial charge in [0.25, 0.3) is 0 Å². The van der Waals surface area contributed by atoms with Crippen LogP contribution < -0.4 is 0 Å². The minimum absolute atomic E-state index is 1.09. The summed E-state index contributed by atoms with van der Waals surface area (Å²) >= 11 is 0. The normalized spacial score (nSPS) is 32.8. The number of hydrogen-bond acceptors (Lipinski definition) is 9. The molecule has 0 radical (unpaired) electrons. The van der Waals surface area contributed by atoms with E-state index in [0.717, 1.165) is 0 Å². The third kappa shape index (κ3) is 7.62. The van der Waals surface area contributed by atoms with Crippen LogP contribution in [0.5, 0.6) is 0 Å². The standard InChI is InChI=1S/C6H15O15P3/c7-3-4(20-23(12,13)14)2(1-18-22(9,10)11)19-6(8)5(3)21-24(15,16)17/h2-8H,1H2,(H2,9,10,11)(H2,12,13,14)(H2,15,16,17)/t2-,3+,4-,5-,6+/m0/s1. The Kier molecular flexibility index (Phi) is 7.27. The van der Waals surface area contributed by atoms with E-state index in [1.165, 1.54) is 0 Å². The minimum atomic E-state index is -5.29. The highest BCUT2D eigenvalue weighted by Gasteiger charge is 2.50. The van der Waals surface area contributed by atoms with Gasteiger partial charge in [0, 0.05) is 0 Å². The molecule has 0 aromatic carbocycles. The summed E-state index contributed by atoms with van der Waals surface area (Å²) in [6.07, 6.45) is -10.6. The van der Waals surface area contributed by atoms with Gasteiger partial charge < -0.3 is 44.3 Å². The molecule has 8 N–H and O–H groups in total. The first-order valence-corrected chi connectivity index (χ1v) is 10.4. The summed E-state index contributed by atoms with van der Waals surface area (Å²) in [6.45, 7) is -1.09. The van der Waals surface area contributed by atoms with Crippen molar-refractivity contribution in [2.75, 3.05) is 6.61 Å². The van der Waals surface area contributed by atoms with Crippen molar-refractivity contribution < 1.29 is 71.6 Å². The number of aliphatic hydroxyl groups is 2. The summed E-state index contributed by atoms with van der Waals surface area (Å²) in [5, 5.41) is 19.5. The smallest absolute Gasteiger partial charge is 0.387 e. The van der Waals surface area contributed by atoms with E-state index in [0.29, 0.717) is 0 Å². The average molecular weight is 420 g/mol. The Hall–Kier alpha value is 0.210. The van der Waals surface area contributed by atoms with Crippen LogP contribution in [0.2, 0.25) is 0 Å². The molecule has 1 aliphatic rings. The summed E-state index contributed by atoms with van der Waals surface area (Å²) in [6, 6.07) is 0. The first-order chi connectivity index (χ1) is 10.6. The van der Waals surface area contributed by atoms with E-state index in [2.05, 4.69) is 18.3 Å². The molecule has 18 heteroatoms. The number of ether oxygens (including phenoxy) is 1. The van der Waals surface area contributed by atoms with Crippen LogP contribution in [0.15, 0.2) is 0 Å². The second-order valence-electron chi connectivity index (χ2n) is 4.46. The van der Waals surface area contributed by atoms with Crippen LogP contribution in [-0.4, -0.2) is 76.9 Å². The molecule has 0 aromatic rings. The summed E-state index contributed by atoms with van der Waals surface area (Å²) in [5.41, 5.74) is 0. The van der Waals surface area contributed by atoms with Crippen molar-refractivity contribution in [1.29, 1.82) is 0 Å². The molecule has 144 valence electrons. The zero-order valence-electron chi connectivity index (χ0n) is 11.4. The van der Waals surface area contributed by atoms with Gasteiger partial charge in [-0.05, 0) is 0 Å². The van der Waals surface area contributed by atoms with Gasteiger partial charge in [-0.25, -0.2) is 13.7 Å². The summed E-state index contributed by atoms with van der Waals surface area (Å²) < 4.78 is 49.3. The molecule has 0 aliphatic carbocycles. The van der Waals surface area contributed by atoms with Crippen molar-refractivity contribution in [2.24, 2.45) is 0 Å². The fourth-order valence-electron chi connectivity index (χ4n) is 1.78. The Morgan fingerprint density at radius 2 is 1.25 bits per heavy atom. The van der Waals surface area contributed by atoms with Crippen molar-refractivity contribution in [3.05, 3.63) is 0 Å². The molecule has 1 aliphatic heterocycles. The Bertz CT molecular complexity index is 558. The third-order valence-corrected chi connectivity index (χ3v) is 4.08. The largest absolute Gasteiger partial charge is 0.470 e. The molecular weight excluding hydrogens is 405 g/mol. The lowest BCUT2D eigenvalue weighted by Crippen LogP contribution is -2.59. The molecule has 0 unspecified atom stereocenters. The van der Waals surface area contributed by atoms with Crippen molar-refractivity contribution in [3.63, 3.8) is 0 Å². The maximum atomic E-state index is 10.9. The molecule has 5 atom stereocenters. The number of phosphoric acid groups is 3. The van der Waals surface area contributed by atoms with Crippen LogP contribution >= 0.6 is 23.5 Å². The highest BCUT2D eigenvalue weighted by molar-refractivity contribution is 7.46. The number of phosphoric ester groups is 3. The van der Waals surface area contributed by atoms with E-state index in [1.54, 1.807) is 0 Å². The summed E-state index contributed by atoms with van der Waals surface area (Å²) in [4.78, 5) is 52.1. The molecule has 0 aromatic heterocycles. The van der Waals surface area contributed by atoms with E-state index in [1.807, 2.05) is 0 Å². The van der Waals surface area contributed by atoms with Gasteiger partial charge >= 0.3 is 23.5 Å². The van der Waals surface area contributed by atoms with Crippen LogP contribution in [0.25, 0.3) is 0 Å². The van der Waals surface area contributed by atoms with Gasteiger partial charge in [-0.15, -0.1) is 0 Å². The Morgan fingerprint density at radius 1 is 0.792 bits per heavy atom. The fourth-order valence-corrected chi connectivity index (χ4v) is 3.24. The monoisotopic (exact) mass is 420 g/mol. The highest BCUT2D eigenvalue weighted by atomic mass is 31.2. The SMILES string of the molecule is O=P(O)(O)OC[C@@H]1O[C@@H](O)[C@@H](OP(=O)(O)O)[C@H](O)[C@H]1OP(=O)(O)O. The van der Waals surface area contributed by atoms with Gasteiger partial charge in [-0.2, -0.15) is 0 Å². The van der Waals surface area contributed by atoms with Crippen LogP contribution in [0.3, 0.4) is 0 Å². The molecule has 0 amide bonds. The predicted octanol–water partition coefficient (Wildman–Crippen LogP) is -2.87. The lowest BCUT2D eigenvalue weighted by Gasteiger charge is -2.41. The second-order valence-corrected chi connectivity index (χ2v) is 8.09. The van der Waals surface area contributed by atoms with E-state index in [-0.39, 0.29) is 0 Å². The molecule has 1 heterocycles. The van der Waals surface area contributed by atoms with E-state index >= 15 is 0 Å². The Labute approximate surface area is 133 Å². The lowest BCUT2D eigenvalue weighted by atomic mass is 9.99. The van der Waals surface area contributed by atoms with E-state index in [4.69, 9.17) is 29.4 Å². The van der Waals surface area contributed by atoms with Gasteiger partial charge in [-0.1, -0.05) is 0 Å². The zero-order valence-corrected chi connectivity index (χ0v) is 14.1. The first kappa shape index (κ1) is 22.3. The zero-order chi connectivity index (χ0) is 18.9. The van der Waals surface area contributed by atoms with Gasteiger partial charge in [0.1, 0.15) is 24.4 Å². The summed E-state index contributed by atoms with van der Waals surface area (Å²) in [7, 11) is -15.6. The van der Waals surface area contributed by atoms with Gasteiger partial charge in [0.05, 0.1) is 6.61 Å². The quantitative estimate of drug-likeness (QED) is 0.193. The molecule has 24 heavy (non-hydrogen) atoms. The maximum absolute atomic E-state index is 10.9. The van der Waals surface area contributed by atoms with Crippen LogP contribution in [0.1, 0.15) is 0 Å². The lowest BCUT2D eigenvalue weighted by molar-refractivity contribution is -0.279. The average Bonchev–Trinajstić information content (AvgIpc) is 2.32. The molecular formula is C6H15O15P3. The summed E-state index contributed by atoms with van der Waals surface area (Å²) in [5.74, 6) is 0. The van der Waals surface area contributed by atoms with Crippen molar-refractivity contribution in [3.8, 4) is 0 Å². The predicted molar refractivity (Wildman–Crippen MR) is 68.7 cm³/mol. The highest BCUT2D eigenvalue weighted by Crippen LogP contribution is 2.46. The molecule has 1 fully saturated rings. The molecule has 1 rings (SSSR count). The van der Waals surface area contributed by atoms with Crippen LogP contribution in [-0.2, 0) is 32.0 Å². The number of aliphatic hydroxyl groups excluding tert-OH is 2. The molecule has 0 bridgehead atoms. The third-order valence-electron chi connectivity index (χ3n) is 2.56. The van der Waals surface area contributed by atoms with Gasteiger partial charge in [0.2, 0.25) is 0 Å². The topological polar surface area (TPSA) is 250 Å². The molecule has 0 saturated carbocycles. The fraction of sp³-hybridized carbons (Fsp3) is 1.00. The second kappa shape index (κ2) is 7.84. The maximum Gasteiger partial charge on any atom is 0.470 e. The number of rotatable bonds is 7.